The van der Waals surface area contributed by atoms with Crippen LogP contribution in [0.15, 0.2) is 79.1 Å². The normalized spacial score (nSPS) is 11.1. The third-order valence-electron chi connectivity index (χ3n) is 4.97. The molecule has 1 heterocycles. The number of nitrogens with one attached hydrogen (secondary N) is 1. The molecular weight excluding hydrogens is 596 g/mol. The van der Waals surface area contributed by atoms with Crippen LogP contribution in [0.2, 0.25) is 0 Å². The highest BCUT2D eigenvalue weighted by Gasteiger charge is 2.14. The monoisotopic (exact) mass is 614 g/mol. The lowest BCUT2D eigenvalue weighted by atomic mass is 10.1. The van der Waals surface area contributed by atoms with Crippen molar-refractivity contribution in [2.75, 3.05) is 6.61 Å². The van der Waals surface area contributed by atoms with E-state index in [1.54, 1.807) is 42.5 Å². The second-order valence-corrected chi connectivity index (χ2v) is 9.32. The quantitative estimate of drug-likeness (QED) is 0.167. The number of carboxylic acid groups (broad SMARTS) is 1. The van der Waals surface area contributed by atoms with E-state index in [1.807, 2.05) is 19.1 Å². The molecule has 10 heteroatoms. The third kappa shape index (κ3) is 6.13. The van der Waals surface area contributed by atoms with Crippen LogP contribution in [0.3, 0.4) is 0 Å². The minimum atomic E-state index is -1.00. The molecule has 4 rings (SSSR count). The molecular formula is C26H20Br2N2O6. The second-order valence-electron chi connectivity index (χ2n) is 7.55. The Hall–Kier alpha value is -3.63. The summed E-state index contributed by atoms with van der Waals surface area (Å²) in [5.74, 6) is -0.403. The van der Waals surface area contributed by atoms with Crippen LogP contribution in [0.4, 0.5) is 0 Å². The summed E-state index contributed by atoms with van der Waals surface area (Å²) < 4.78 is 18.7. The first-order valence-electron chi connectivity index (χ1n) is 10.8. The zero-order valence-corrected chi connectivity index (χ0v) is 22.1. The van der Waals surface area contributed by atoms with Gasteiger partial charge in [0, 0.05) is 9.86 Å². The molecule has 2 N–H and O–H groups in total. The molecule has 1 amide bonds. The summed E-state index contributed by atoms with van der Waals surface area (Å²) in [7, 11) is 0. The van der Waals surface area contributed by atoms with Gasteiger partial charge in [-0.1, -0.05) is 28.1 Å². The van der Waals surface area contributed by atoms with Gasteiger partial charge in [-0.2, -0.15) is 5.10 Å². The first kappa shape index (κ1) is 25.5. The smallest absolute Gasteiger partial charge is 0.335 e. The van der Waals surface area contributed by atoms with Crippen molar-refractivity contribution in [2.24, 2.45) is 5.10 Å². The Labute approximate surface area is 223 Å². The van der Waals surface area contributed by atoms with Gasteiger partial charge in [-0.25, -0.2) is 10.2 Å². The fourth-order valence-electron chi connectivity index (χ4n) is 3.36. The fourth-order valence-corrected chi connectivity index (χ4v) is 4.31. The summed E-state index contributed by atoms with van der Waals surface area (Å²) in [5.41, 5.74) is 4.60. The number of aromatic carboxylic acids is 1. The Kier molecular flexibility index (Phi) is 8.07. The maximum atomic E-state index is 12.4. The van der Waals surface area contributed by atoms with E-state index in [1.165, 1.54) is 12.3 Å². The standard InChI is InChI=1S/C26H20Br2N2O6/c1-2-34-22-10-16(9-20(28)24(22)35-14-15-4-3-5-17(8-15)26(32)33)13-29-30-25(31)23-12-18-11-19(27)6-7-21(18)36-23/h3-13H,2,14H2,1H3,(H,30,31)(H,32,33)/b29-13+. The third-order valence-corrected chi connectivity index (χ3v) is 6.05. The molecule has 0 saturated heterocycles. The number of carbonyl (C=O) groups excluding carboxylic acids is 1. The fraction of sp³-hybridized carbons (Fsp3) is 0.115. The molecule has 3 aromatic carbocycles. The Morgan fingerprint density at radius 2 is 1.92 bits per heavy atom. The van der Waals surface area contributed by atoms with Crippen molar-refractivity contribution < 1.29 is 28.6 Å². The molecule has 0 fully saturated rings. The number of carbonyl (C=O) groups is 2. The molecule has 8 nitrogen and oxygen atoms in total. The molecule has 0 unspecified atom stereocenters. The number of hydrazone groups is 1. The molecule has 0 saturated carbocycles. The van der Waals surface area contributed by atoms with Crippen LogP contribution in [0.25, 0.3) is 11.0 Å². The van der Waals surface area contributed by atoms with E-state index >= 15 is 0 Å². The van der Waals surface area contributed by atoms with Gasteiger partial charge in [0.1, 0.15) is 12.2 Å². The lowest BCUT2D eigenvalue weighted by Gasteiger charge is -2.15. The van der Waals surface area contributed by atoms with Gasteiger partial charge in [0.05, 0.1) is 22.9 Å². The van der Waals surface area contributed by atoms with E-state index in [-0.39, 0.29) is 17.9 Å². The molecule has 36 heavy (non-hydrogen) atoms. The van der Waals surface area contributed by atoms with Crippen LogP contribution in [-0.2, 0) is 6.61 Å². The number of hydrogen-bond acceptors (Lipinski definition) is 6. The summed E-state index contributed by atoms with van der Waals surface area (Å²) in [6.07, 6.45) is 1.48. The Bertz CT molecular complexity index is 1460. The zero-order chi connectivity index (χ0) is 25.7. The number of nitrogens with zero attached hydrogens (tertiary/aromatic N) is 1. The number of rotatable bonds is 9. The van der Waals surface area contributed by atoms with Crippen LogP contribution in [0.1, 0.15) is 39.0 Å². The molecule has 0 atom stereocenters. The summed E-state index contributed by atoms with van der Waals surface area (Å²) >= 11 is 6.89. The summed E-state index contributed by atoms with van der Waals surface area (Å²) in [6.45, 7) is 2.40. The van der Waals surface area contributed by atoms with Gasteiger partial charge in [-0.05, 0) is 82.5 Å². The van der Waals surface area contributed by atoms with Crippen molar-refractivity contribution in [3.05, 3.63) is 92.1 Å². The van der Waals surface area contributed by atoms with Crippen LogP contribution >= 0.6 is 31.9 Å². The van der Waals surface area contributed by atoms with Gasteiger partial charge in [0.2, 0.25) is 0 Å². The molecule has 0 bridgehead atoms. The Morgan fingerprint density at radius 1 is 1.08 bits per heavy atom. The van der Waals surface area contributed by atoms with E-state index < -0.39 is 11.9 Å². The molecule has 0 radical (unpaired) electrons. The van der Waals surface area contributed by atoms with Crippen molar-refractivity contribution in [3.8, 4) is 11.5 Å². The van der Waals surface area contributed by atoms with Crippen LogP contribution in [-0.4, -0.2) is 29.8 Å². The molecule has 0 aliphatic carbocycles. The average Bonchev–Trinajstić information content (AvgIpc) is 3.27. The van der Waals surface area contributed by atoms with Gasteiger partial charge < -0.3 is 19.0 Å². The first-order valence-corrected chi connectivity index (χ1v) is 12.4. The number of ether oxygens (including phenoxy) is 2. The molecule has 184 valence electrons. The van der Waals surface area contributed by atoms with E-state index in [9.17, 15) is 14.7 Å². The Morgan fingerprint density at radius 3 is 2.69 bits per heavy atom. The maximum absolute atomic E-state index is 12.4. The highest BCUT2D eigenvalue weighted by atomic mass is 79.9. The van der Waals surface area contributed by atoms with E-state index in [0.717, 1.165) is 9.86 Å². The van der Waals surface area contributed by atoms with Crippen LogP contribution in [0, 0.1) is 0 Å². The largest absolute Gasteiger partial charge is 0.490 e. The maximum Gasteiger partial charge on any atom is 0.335 e. The molecule has 0 aliphatic rings. The predicted molar refractivity (Wildman–Crippen MR) is 142 cm³/mol. The number of furan rings is 1. The summed E-state index contributed by atoms with van der Waals surface area (Å²) in [5, 5.41) is 14.0. The average molecular weight is 616 g/mol. The minimum absolute atomic E-state index is 0.146. The van der Waals surface area contributed by atoms with Crippen LogP contribution < -0.4 is 14.9 Å². The van der Waals surface area contributed by atoms with Crippen molar-refractivity contribution in [2.45, 2.75) is 13.5 Å². The van der Waals surface area contributed by atoms with Gasteiger partial charge in [0.25, 0.3) is 0 Å². The van der Waals surface area contributed by atoms with E-state index in [2.05, 4.69) is 42.4 Å². The molecule has 0 spiro atoms. The lowest BCUT2D eigenvalue weighted by Crippen LogP contribution is -2.16. The van der Waals surface area contributed by atoms with Gasteiger partial charge in [-0.15, -0.1) is 0 Å². The highest BCUT2D eigenvalue weighted by molar-refractivity contribution is 9.10. The SMILES string of the molecule is CCOc1cc(/C=N/NC(=O)c2cc3cc(Br)ccc3o2)cc(Br)c1OCc1cccc(C(=O)O)c1. The van der Waals surface area contributed by atoms with Gasteiger partial charge >= 0.3 is 11.9 Å². The zero-order valence-electron chi connectivity index (χ0n) is 19.0. The van der Waals surface area contributed by atoms with E-state index in [4.69, 9.17) is 13.9 Å². The number of halogens is 2. The number of carboxylic acids is 1. The summed E-state index contributed by atoms with van der Waals surface area (Å²) in [6, 6.07) is 17.1. The van der Waals surface area contributed by atoms with Crippen LogP contribution in [0.5, 0.6) is 11.5 Å². The molecule has 0 aliphatic heterocycles. The number of benzene rings is 3. The molecule has 1 aromatic heterocycles. The summed E-state index contributed by atoms with van der Waals surface area (Å²) in [4.78, 5) is 23.7. The first-order chi connectivity index (χ1) is 17.3. The number of amides is 1. The van der Waals surface area contributed by atoms with Crippen molar-refractivity contribution in [1.29, 1.82) is 0 Å². The van der Waals surface area contributed by atoms with Gasteiger partial charge in [-0.3, -0.25) is 4.79 Å². The Balaban J connectivity index is 1.47. The lowest BCUT2D eigenvalue weighted by molar-refractivity contribution is 0.0696. The van der Waals surface area contributed by atoms with Crippen molar-refractivity contribution >= 4 is 60.9 Å². The topological polar surface area (TPSA) is 110 Å². The number of hydrogen-bond donors (Lipinski definition) is 2. The molecule has 4 aromatic rings. The van der Waals surface area contributed by atoms with Crippen molar-refractivity contribution in [3.63, 3.8) is 0 Å². The number of fused-ring (bicyclic) bond motifs is 1. The van der Waals surface area contributed by atoms with Crippen molar-refractivity contribution in [1.82, 2.24) is 5.43 Å². The van der Waals surface area contributed by atoms with Gasteiger partial charge in [0.15, 0.2) is 17.3 Å². The van der Waals surface area contributed by atoms with E-state index in [0.29, 0.717) is 39.3 Å². The minimum Gasteiger partial charge on any atom is -0.490 e. The highest BCUT2D eigenvalue weighted by Crippen LogP contribution is 2.37. The predicted octanol–water partition coefficient (Wildman–Crippen LogP) is 6.40. The second kappa shape index (κ2) is 11.4.